The van der Waals surface area contributed by atoms with Crippen molar-refractivity contribution in [1.29, 1.82) is 0 Å². The largest absolute Gasteiger partial charge is 0.438 e. The maximum absolute atomic E-state index is 12.2. The van der Waals surface area contributed by atoms with Crippen molar-refractivity contribution >= 4 is 16.9 Å². The Morgan fingerprint density at radius 2 is 1.70 bits per heavy atom. The van der Waals surface area contributed by atoms with Crippen LogP contribution in [0.15, 0.2) is 42.5 Å². The first-order valence-electron chi connectivity index (χ1n) is 10.5. The average Bonchev–Trinajstić information content (AvgIpc) is 2.98. The van der Waals surface area contributed by atoms with Crippen LogP contribution in [0.3, 0.4) is 0 Å². The molecule has 27 heavy (non-hydrogen) atoms. The number of fused-ring (bicyclic) bond motifs is 1. The Hall–Kier alpha value is -2.03. The predicted octanol–water partition coefficient (Wildman–Crippen LogP) is 7.10. The van der Waals surface area contributed by atoms with Gasteiger partial charge in [-0.1, -0.05) is 76.6 Å². The molecule has 0 saturated carbocycles. The van der Waals surface area contributed by atoms with Crippen LogP contribution in [0.1, 0.15) is 83.6 Å². The molecule has 0 aliphatic carbocycles. The Kier molecular flexibility index (Phi) is 8.63. The summed E-state index contributed by atoms with van der Waals surface area (Å²) >= 11 is 0. The van der Waals surface area contributed by atoms with Gasteiger partial charge < -0.3 is 9.30 Å². The van der Waals surface area contributed by atoms with Gasteiger partial charge in [-0.05, 0) is 37.8 Å². The number of nitrogens with zero attached hydrogens (tertiary/aromatic N) is 1. The van der Waals surface area contributed by atoms with Crippen LogP contribution >= 0.6 is 0 Å². The third-order valence-electron chi connectivity index (χ3n) is 5.12. The molecule has 2 aromatic rings. The van der Waals surface area contributed by atoms with E-state index >= 15 is 0 Å². The molecule has 148 valence electrons. The van der Waals surface area contributed by atoms with Crippen LogP contribution in [0.4, 0.5) is 0 Å². The van der Waals surface area contributed by atoms with E-state index in [0.29, 0.717) is 5.57 Å². The van der Waals surface area contributed by atoms with Gasteiger partial charge in [-0.15, -0.1) is 0 Å². The molecule has 1 atom stereocenters. The van der Waals surface area contributed by atoms with Crippen molar-refractivity contribution in [2.45, 2.75) is 84.8 Å². The highest BCUT2D eigenvalue weighted by Crippen LogP contribution is 2.28. The van der Waals surface area contributed by atoms with Crippen LogP contribution in [0.25, 0.3) is 10.9 Å². The molecule has 1 unspecified atom stereocenters. The fraction of sp³-hybridized carbons (Fsp3) is 0.542. The SMILES string of the molecule is C=C(C)C(=O)OC(CCCCCCCCCC)n1c(C)cc2ccccc21. The fourth-order valence-electron chi connectivity index (χ4n) is 3.61. The van der Waals surface area contributed by atoms with Gasteiger partial charge in [0.05, 0.1) is 5.52 Å². The van der Waals surface area contributed by atoms with E-state index in [9.17, 15) is 4.79 Å². The van der Waals surface area contributed by atoms with E-state index in [-0.39, 0.29) is 12.2 Å². The Labute approximate surface area is 164 Å². The van der Waals surface area contributed by atoms with Crippen LogP contribution in [0, 0.1) is 6.92 Å². The van der Waals surface area contributed by atoms with Crippen LogP contribution in [0.5, 0.6) is 0 Å². The van der Waals surface area contributed by atoms with Crippen molar-refractivity contribution in [2.75, 3.05) is 0 Å². The van der Waals surface area contributed by atoms with E-state index in [1.54, 1.807) is 6.92 Å². The number of aryl methyl sites for hydroxylation is 1. The molecule has 1 heterocycles. The molecule has 0 bridgehead atoms. The number of carbonyl (C=O) groups excluding carboxylic acids is 1. The van der Waals surface area contributed by atoms with Gasteiger partial charge in [0.15, 0.2) is 6.23 Å². The highest BCUT2D eigenvalue weighted by molar-refractivity contribution is 5.87. The summed E-state index contributed by atoms with van der Waals surface area (Å²) in [5, 5.41) is 1.18. The zero-order chi connectivity index (χ0) is 19.6. The number of hydrogen-bond donors (Lipinski definition) is 0. The molecule has 3 nitrogen and oxygen atoms in total. The molecule has 0 spiro atoms. The smallest absolute Gasteiger partial charge is 0.335 e. The van der Waals surface area contributed by atoms with Crippen molar-refractivity contribution in [1.82, 2.24) is 4.57 Å². The Morgan fingerprint density at radius 1 is 1.07 bits per heavy atom. The maximum Gasteiger partial charge on any atom is 0.335 e. The quantitative estimate of drug-likeness (QED) is 0.227. The first-order chi connectivity index (χ1) is 13.0. The molecule has 0 fully saturated rings. The van der Waals surface area contributed by atoms with E-state index in [0.717, 1.165) is 24.1 Å². The van der Waals surface area contributed by atoms with Crippen LogP contribution in [-0.2, 0) is 9.53 Å². The Bertz CT molecular complexity index is 744. The van der Waals surface area contributed by atoms with Gasteiger partial charge in [0, 0.05) is 17.7 Å². The van der Waals surface area contributed by atoms with Crippen LogP contribution in [0.2, 0.25) is 0 Å². The molecule has 2 rings (SSSR count). The summed E-state index contributed by atoms with van der Waals surface area (Å²) in [4.78, 5) is 12.2. The number of benzene rings is 1. The molecule has 1 aromatic heterocycles. The molecular weight excluding hydrogens is 334 g/mol. The molecule has 0 saturated heterocycles. The third kappa shape index (κ3) is 6.27. The summed E-state index contributed by atoms with van der Waals surface area (Å²) in [6.07, 6.45) is 10.7. The highest BCUT2D eigenvalue weighted by atomic mass is 16.6. The third-order valence-corrected chi connectivity index (χ3v) is 5.12. The molecular formula is C24H35NO2. The molecule has 0 N–H and O–H groups in total. The van der Waals surface area contributed by atoms with E-state index in [1.807, 2.05) is 12.1 Å². The number of hydrogen-bond acceptors (Lipinski definition) is 2. The number of para-hydroxylation sites is 1. The first kappa shape index (κ1) is 21.3. The summed E-state index contributed by atoms with van der Waals surface area (Å²) in [7, 11) is 0. The number of rotatable bonds is 12. The lowest BCUT2D eigenvalue weighted by atomic mass is 10.1. The monoisotopic (exact) mass is 369 g/mol. The molecule has 0 aliphatic heterocycles. The topological polar surface area (TPSA) is 31.2 Å². The summed E-state index contributed by atoms with van der Waals surface area (Å²) in [6, 6.07) is 10.4. The molecule has 0 amide bonds. The molecule has 0 aliphatic rings. The summed E-state index contributed by atoms with van der Waals surface area (Å²) in [6.45, 7) is 9.77. The standard InChI is InChI=1S/C24H35NO2/c1-5-6-7-8-9-10-11-12-17-23(27-24(26)19(2)3)25-20(4)18-21-15-13-14-16-22(21)25/h13-16,18,23H,2,5-12,17H2,1,3-4H3. The number of esters is 1. The highest BCUT2D eigenvalue weighted by Gasteiger charge is 2.20. The van der Waals surface area contributed by atoms with Gasteiger partial charge in [-0.2, -0.15) is 0 Å². The van der Waals surface area contributed by atoms with Gasteiger partial charge in [0.25, 0.3) is 0 Å². The van der Waals surface area contributed by atoms with Gasteiger partial charge in [0.2, 0.25) is 0 Å². The van der Waals surface area contributed by atoms with Crippen molar-refractivity contribution < 1.29 is 9.53 Å². The van der Waals surface area contributed by atoms with Crippen LogP contribution in [-0.4, -0.2) is 10.5 Å². The van der Waals surface area contributed by atoms with Crippen molar-refractivity contribution in [3.63, 3.8) is 0 Å². The van der Waals surface area contributed by atoms with E-state index in [1.165, 1.54) is 50.3 Å². The number of aromatic nitrogens is 1. The second-order valence-corrected chi connectivity index (χ2v) is 7.62. The lowest BCUT2D eigenvalue weighted by Crippen LogP contribution is -2.19. The van der Waals surface area contributed by atoms with Crippen molar-refractivity contribution in [2.24, 2.45) is 0 Å². The first-order valence-corrected chi connectivity index (χ1v) is 10.5. The zero-order valence-corrected chi connectivity index (χ0v) is 17.3. The van der Waals surface area contributed by atoms with Crippen LogP contribution < -0.4 is 0 Å². The Balaban J connectivity index is 2.00. The van der Waals surface area contributed by atoms with E-state index in [4.69, 9.17) is 4.74 Å². The second-order valence-electron chi connectivity index (χ2n) is 7.62. The lowest BCUT2D eigenvalue weighted by Gasteiger charge is -2.22. The zero-order valence-electron chi connectivity index (χ0n) is 17.3. The predicted molar refractivity (Wildman–Crippen MR) is 114 cm³/mol. The Morgan fingerprint density at radius 3 is 2.37 bits per heavy atom. The number of unbranched alkanes of at least 4 members (excludes halogenated alkanes) is 7. The minimum absolute atomic E-state index is 0.269. The number of carbonyl (C=O) groups is 1. The second kappa shape index (κ2) is 11.0. The molecule has 3 heteroatoms. The summed E-state index contributed by atoms with van der Waals surface area (Å²) in [5.41, 5.74) is 2.69. The van der Waals surface area contributed by atoms with Gasteiger partial charge >= 0.3 is 5.97 Å². The van der Waals surface area contributed by atoms with Crippen molar-refractivity contribution in [3.05, 3.63) is 48.2 Å². The minimum Gasteiger partial charge on any atom is -0.438 e. The van der Waals surface area contributed by atoms with Gasteiger partial charge in [-0.25, -0.2) is 4.79 Å². The van der Waals surface area contributed by atoms with E-state index < -0.39 is 0 Å². The minimum atomic E-state index is -0.309. The summed E-state index contributed by atoms with van der Waals surface area (Å²) < 4.78 is 7.99. The fourth-order valence-corrected chi connectivity index (χ4v) is 3.61. The summed E-state index contributed by atoms with van der Waals surface area (Å²) in [5.74, 6) is -0.309. The number of ether oxygens (including phenoxy) is 1. The molecule has 1 aromatic carbocycles. The maximum atomic E-state index is 12.2. The van der Waals surface area contributed by atoms with Gasteiger partial charge in [-0.3, -0.25) is 0 Å². The van der Waals surface area contributed by atoms with E-state index in [2.05, 4.69) is 43.2 Å². The average molecular weight is 370 g/mol. The molecule has 0 radical (unpaired) electrons. The lowest BCUT2D eigenvalue weighted by molar-refractivity contribution is -0.149. The normalized spacial score (nSPS) is 12.3. The van der Waals surface area contributed by atoms with Gasteiger partial charge in [0.1, 0.15) is 0 Å². The van der Waals surface area contributed by atoms with Crippen molar-refractivity contribution in [3.8, 4) is 0 Å².